The Morgan fingerprint density at radius 3 is 2.66 bits per heavy atom. The number of hydroxylamine groups is 3. The van der Waals surface area contributed by atoms with Crippen LogP contribution in [0.15, 0.2) is 18.2 Å². The predicted octanol–water partition coefficient (Wildman–Crippen LogP) is 0.532. The first kappa shape index (κ1) is 21.8. The highest BCUT2D eigenvalue weighted by atomic mass is 16.7. The third-order valence-electron chi connectivity index (χ3n) is 10.4. The van der Waals surface area contributed by atoms with E-state index in [1.165, 1.54) is 26.2 Å². The molecular formula is C24H28N2O9. The number of aliphatic hydroxyl groups is 2. The Labute approximate surface area is 201 Å². The number of piperidine rings is 1. The molecule has 11 nitrogen and oxygen atoms in total. The van der Waals surface area contributed by atoms with Gasteiger partial charge in [-0.15, -0.1) is 0 Å². The lowest BCUT2D eigenvalue weighted by Crippen LogP contribution is -2.97. The van der Waals surface area contributed by atoms with Crippen molar-refractivity contribution in [2.45, 2.75) is 66.7 Å². The van der Waals surface area contributed by atoms with Gasteiger partial charge in [-0.05, 0) is 24.5 Å². The number of amides is 1. The van der Waals surface area contributed by atoms with Crippen molar-refractivity contribution in [3.05, 3.63) is 29.0 Å². The number of quaternary nitrogens is 1. The van der Waals surface area contributed by atoms with Crippen LogP contribution < -0.4 is 9.64 Å². The van der Waals surface area contributed by atoms with Crippen molar-refractivity contribution in [3.63, 3.8) is 0 Å². The van der Waals surface area contributed by atoms with Gasteiger partial charge in [-0.1, -0.05) is 12.1 Å². The molecule has 4 saturated heterocycles. The zero-order chi connectivity index (χ0) is 24.8. The molecule has 1 aromatic carbocycles. The minimum atomic E-state index is -2.37. The minimum absolute atomic E-state index is 0.127. The number of rotatable bonds is 2. The third kappa shape index (κ3) is 1.75. The average molecular weight is 488 g/mol. The molecule has 5 bridgehead atoms. The topological polar surface area (TPSA) is 138 Å². The van der Waals surface area contributed by atoms with Gasteiger partial charge in [-0.2, -0.15) is 0 Å². The van der Waals surface area contributed by atoms with E-state index in [1.54, 1.807) is 12.1 Å². The van der Waals surface area contributed by atoms with Crippen LogP contribution in [-0.2, 0) is 24.4 Å². The van der Waals surface area contributed by atoms with Crippen LogP contribution in [-0.4, -0.2) is 90.4 Å². The average Bonchev–Trinajstić information content (AvgIpc) is 3.36. The molecule has 9 rings (SSSR count). The Hall–Kier alpha value is -2.44. The second-order valence-electron chi connectivity index (χ2n) is 10.8. The lowest BCUT2D eigenvalue weighted by Gasteiger charge is -2.79. The van der Waals surface area contributed by atoms with Crippen molar-refractivity contribution in [1.82, 2.24) is 0 Å². The number of fused-ring (bicyclic) bond motifs is 3. The van der Waals surface area contributed by atoms with Crippen molar-refractivity contribution in [3.8, 4) is 5.75 Å². The summed E-state index contributed by atoms with van der Waals surface area (Å²) in [5.41, 5.74) is -5.35. The number of carbonyl (C=O) groups excluding carboxylic acids is 2. The van der Waals surface area contributed by atoms with E-state index < -0.39 is 63.2 Å². The van der Waals surface area contributed by atoms with Crippen molar-refractivity contribution in [1.29, 1.82) is 0 Å². The number of aliphatic hydroxyl groups excluding tert-OH is 1. The van der Waals surface area contributed by atoms with Gasteiger partial charge in [0.15, 0.2) is 6.23 Å². The summed E-state index contributed by atoms with van der Waals surface area (Å²) in [6.07, 6.45) is -3.05. The quantitative estimate of drug-likeness (QED) is 0.347. The summed E-state index contributed by atoms with van der Waals surface area (Å²) in [6.45, 7) is 0.168. The molecule has 3 saturated carbocycles. The fraction of sp³-hybridized carbons (Fsp3) is 0.667. The van der Waals surface area contributed by atoms with Crippen LogP contribution in [0.3, 0.4) is 0 Å². The molecular weight excluding hydrogens is 460 g/mol. The Balaban J connectivity index is 1.67. The van der Waals surface area contributed by atoms with Crippen LogP contribution in [0, 0.1) is 10.6 Å². The van der Waals surface area contributed by atoms with Gasteiger partial charge in [0.25, 0.3) is 0 Å². The van der Waals surface area contributed by atoms with Crippen molar-refractivity contribution < 1.29 is 43.4 Å². The van der Waals surface area contributed by atoms with Crippen LogP contribution in [0.4, 0.5) is 10.5 Å². The van der Waals surface area contributed by atoms with E-state index in [4.69, 9.17) is 18.9 Å². The highest BCUT2D eigenvalue weighted by molar-refractivity contribution is 6.01. The van der Waals surface area contributed by atoms with Gasteiger partial charge in [0, 0.05) is 6.42 Å². The second kappa shape index (κ2) is 6.09. The van der Waals surface area contributed by atoms with Crippen LogP contribution in [0.2, 0.25) is 0 Å². The number of hydrogen-bond acceptors (Lipinski definition) is 9. The summed E-state index contributed by atoms with van der Waals surface area (Å²) in [5, 5.41) is 38.8. The molecule has 1 aromatic rings. The first-order valence-electron chi connectivity index (χ1n) is 11.9. The normalized spacial score (nSPS) is 49.5. The van der Waals surface area contributed by atoms with Crippen molar-refractivity contribution in [2.24, 2.45) is 5.41 Å². The van der Waals surface area contributed by atoms with E-state index >= 15 is 0 Å². The molecule has 5 heterocycles. The number of esters is 1. The summed E-state index contributed by atoms with van der Waals surface area (Å²) in [7, 11) is 3.88. The number of hydrogen-bond donors (Lipinski definition) is 2. The molecule has 7 fully saturated rings. The first-order valence-corrected chi connectivity index (χ1v) is 11.9. The maximum atomic E-state index is 14.6. The van der Waals surface area contributed by atoms with E-state index in [9.17, 15) is 25.0 Å². The first-order chi connectivity index (χ1) is 16.7. The van der Waals surface area contributed by atoms with Gasteiger partial charge in [0.05, 0.1) is 56.9 Å². The maximum absolute atomic E-state index is 14.6. The van der Waals surface area contributed by atoms with Gasteiger partial charge in [0.2, 0.25) is 5.60 Å². The number of ether oxygens (including phenoxy) is 4. The SMILES string of the molecule is COC(=O)N1c2c(OC)cccc2[C@@]23CC[N+]4([O-])[C@@H]5C[C@H](O)[C@]6(CC[C@]12[C@](O)(C(=O)OC)[C@@H]6O5)[C@@H]34. The summed E-state index contributed by atoms with van der Waals surface area (Å²) < 4.78 is 21.7. The van der Waals surface area contributed by atoms with Gasteiger partial charge in [-0.25, -0.2) is 9.59 Å². The van der Waals surface area contributed by atoms with Gasteiger partial charge in [0.1, 0.15) is 23.4 Å². The lowest BCUT2D eigenvalue weighted by molar-refractivity contribution is -0.975. The van der Waals surface area contributed by atoms with Gasteiger partial charge < -0.3 is 39.0 Å². The predicted molar refractivity (Wildman–Crippen MR) is 117 cm³/mol. The maximum Gasteiger partial charge on any atom is 0.414 e. The minimum Gasteiger partial charge on any atom is -0.631 e. The molecule has 5 aliphatic heterocycles. The fourth-order valence-electron chi connectivity index (χ4n) is 9.65. The Morgan fingerprint density at radius 2 is 1.97 bits per heavy atom. The Bertz CT molecular complexity index is 1190. The summed E-state index contributed by atoms with van der Waals surface area (Å²) in [4.78, 5) is 28.6. The summed E-state index contributed by atoms with van der Waals surface area (Å²) in [5.74, 6) is -0.605. The standard InChI is InChI=1S/C24H28N2O9/c1-32-13-6-4-5-12-16(13)25(20(29)34-3)23-8-7-21-14(27)11-15(26(31)10-9-22(12,23)17(21)26)35-18(21)24(23,30)19(28)33-2/h4-6,14-15,17-18,27,30H,7-11H2,1-3H3/t14-,15-,17-,18+,21+,22+,23-,24+,26?/m0/s1. The zero-order valence-corrected chi connectivity index (χ0v) is 19.7. The largest absolute Gasteiger partial charge is 0.631 e. The van der Waals surface area contributed by atoms with Crippen molar-refractivity contribution >= 4 is 17.7 Å². The van der Waals surface area contributed by atoms with E-state index in [-0.39, 0.29) is 25.8 Å². The number of para-hydroxylation sites is 1. The van der Waals surface area contributed by atoms with E-state index in [1.807, 2.05) is 6.07 Å². The number of anilines is 1. The summed E-state index contributed by atoms with van der Waals surface area (Å²) >= 11 is 0. The van der Waals surface area contributed by atoms with Gasteiger partial charge in [-0.3, -0.25) is 4.90 Å². The third-order valence-corrected chi connectivity index (χ3v) is 10.4. The molecule has 11 heteroatoms. The molecule has 3 spiro atoms. The zero-order valence-electron chi connectivity index (χ0n) is 19.7. The number of nitrogens with zero attached hydrogens (tertiary/aromatic N) is 2. The van der Waals surface area contributed by atoms with Crippen LogP contribution in [0.5, 0.6) is 5.75 Å². The molecule has 8 aliphatic rings. The number of carbonyl (C=O) groups is 2. The Morgan fingerprint density at radius 1 is 1.20 bits per heavy atom. The molecule has 9 atom stereocenters. The molecule has 35 heavy (non-hydrogen) atoms. The fourth-order valence-corrected chi connectivity index (χ4v) is 9.65. The second-order valence-corrected chi connectivity index (χ2v) is 10.8. The molecule has 0 radical (unpaired) electrons. The Kier molecular flexibility index (Phi) is 3.80. The number of benzene rings is 1. The smallest absolute Gasteiger partial charge is 0.414 e. The number of methoxy groups -OCH3 is 3. The van der Waals surface area contributed by atoms with E-state index in [0.717, 1.165) is 0 Å². The van der Waals surface area contributed by atoms with Crippen molar-refractivity contribution in [2.75, 3.05) is 32.8 Å². The molecule has 1 unspecified atom stereocenters. The van der Waals surface area contributed by atoms with Crippen LogP contribution in [0.1, 0.15) is 31.2 Å². The van der Waals surface area contributed by atoms with E-state index in [0.29, 0.717) is 23.4 Å². The molecule has 3 aliphatic carbocycles. The lowest BCUT2D eigenvalue weighted by atomic mass is 9.35. The molecule has 1 amide bonds. The molecule has 2 N–H and O–H groups in total. The molecule has 0 aromatic heterocycles. The van der Waals surface area contributed by atoms with Gasteiger partial charge >= 0.3 is 12.1 Å². The highest BCUT2D eigenvalue weighted by Crippen LogP contribution is 2.81. The van der Waals surface area contributed by atoms with Crippen LogP contribution >= 0.6 is 0 Å². The summed E-state index contributed by atoms with van der Waals surface area (Å²) in [6, 6.07) is 4.57. The highest BCUT2D eigenvalue weighted by Gasteiger charge is 2.96. The van der Waals surface area contributed by atoms with E-state index in [2.05, 4.69) is 0 Å². The monoisotopic (exact) mass is 488 g/mol. The molecule has 188 valence electrons. The van der Waals surface area contributed by atoms with Crippen LogP contribution in [0.25, 0.3) is 0 Å².